The molecule has 0 aromatic heterocycles. The molecule has 1 atom stereocenters. The fraction of sp³-hybridized carbons (Fsp3) is 0.941. The van der Waals surface area contributed by atoms with Crippen molar-refractivity contribution in [3.8, 4) is 0 Å². The molecule has 21 heavy (non-hydrogen) atoms. The van der Waals surface area contributed by atoms with E-state index in [1.165, 1.54) is 12.8 Å². The molecule has 1 rings (SSSR count). The molecule has 1 fully saturated rings. The van der Waals surface area contributed by atoms with Gasteiger partial charge in [0, 0.05) is 19.0 Å². The van der Waals surface area contributed by atoms with E-state index in [0.29, 0.717) is 24.2 Å². The zero-order valence-electron chi connectivity index (χ0n) is 14.4. The molecule has 0 bridgehead atoms. The largest absolute Gasteiger partial charge is 0.352 e. The molecule has 1 unspecified atom stereocenters. The number of carbonyl (C=O) groups is 1. The van der Waals surface area contributed by atoms with E-state index in [1.807, 2.05) is 0 Å². The summed E-state index contributed by atoms with van der Waals surface area (Å²) in [6.07, 6.45) is 6.46. The maximum atomic E-state index is 12.3. The topological polar surface area (TPSA) is 58.4 Å². The molecule has 0 radical (unpaired) electrons. The van der Waals surface area contributed by atoms with Gasteiger partial charge < -0.3 is 16.0 Å². The highest BCUT2D eigenvalue weighted by molar-refractivity contribution is 5.76. The Morgan fingerprint density at radius 2 is 1.76 bits per heavy atom. The van der Waals surface area contributed by atoms with Crippen molar-refractivity contribution in [2.24, 2.45) is 23.5 Å². The van der Waals surface area contributed by atoms with E-state index in [2.05, 4.69) is 38.2 Å². The van der Waals surface area contributed by atoms with Crippen molar-refractivity contribution in [1.82, 2.24) is 10.2 Å². The molecule has 1 amide bonds. The lowest BCUT2D eigenvalue weighted by molar-refractivity contribution is -0.123. The maximum Gasteiger partial charge on any atom is 0.220 e. The quantitative estimate of drug-likeness (QED) is 0.722. The first kappa shape index (κ1) is 18.4. The van der Waals surface area contributed by atoms with Gasteiger partial charge >= 0.3 is 0 Å². The SMILES string of the molecule is CC(C)CC(CN(C)C)NC(=O)CC1CCC(CN)CC1. The van der Waals surface area contributed by atoms with Crippen molar-refractivity contribution >= 4 is 5.91 Å². The third-order valence-electron chi connectivity index (χ3n) is 4.48. The molecule has 0 saturated heterocycles. The number of nitrogens with one attached hydrogen (secondary N) is 1. The maximum absolute atomic E-state index is 12.3. The van der Waals surface area contributed by atoms with Gasteiger partial charge in [0.05, 0.1) is 0 Å². The lowest BCUT2D eigenvalue weighted by Crippen LogP contribution is -2.43. The average Bonchev–Trinajstić information content (AvgIpc) is 2.37. The van der Waals surface area contributed by atoms with E-state index >= 15 is 0 Å². The molecule has 4 heteroatoms. The van der Waals surface area contributed by atoms with E-state index in [9.17, 15) is 4.79 Å². The van der Waals surface area contributed by atoms with Crippen LogP contribution in [0.25, 0.3) is 0 Å². The smallest absolute Gasteiger partial charge is 0.220 e. The number of hydrogen-bond donors (Lipinski definition) is 2. The Balaban J connectivity index is 2.35. The van der Waals surface area contributed by atoms with Gasteiger partial charge in [0.1, 0.15) is 0 Å². The Morgan fingerprint density at radius 3 is 2.24 bits per heavy atom. The Kier molecular flexibility index (Phi) is 8.27. The Hall–Kier alpha value is -0.610. The van der Waals surface area contributed by atoms with Crippen LogP contribution in [0.15, 0.2) is 0 Å². The Labute approximate surface area is 130 Å². The van der Waals surface area contributed by atoms with Crippen LogP contribution in [0.3, 0.4) is 0 Å². The van der Waals surface area contributed by atoms with Crippen LogP contribution in [0.4, 0.5) is 0 Å². The summed E-state index contributed by atoms with van der Waals surface area (Å²) < 4.78 is 0. The first-order valence-corrected chi connectivity index (χ1v) is 8.54. The molecule has 0 spiro atoms. The van der Waals surface area contributed by atoms with Gasteiger partial charge in [-0.15, -0.1) is 0 Å². The Bertz CT molecular complexity index is 286. The summed E-state index contributed by atoms with van der Waals surface area (Å²) in [5.41, 5.74) is 5.72. The van der Waals surface area contributed by atoms with Crippen LogP contribution >= 0.6 is 0 Å². The molecule has 3 N–H and O–H groups in total. The molecule has 0 heterocycles. The van der Waals surface area contributed by atoms with E-state index < -0.39 is 0 Å². The van der Waals surface area contributed by atoms with Crippen LogP contribution < -0.4 is 11.1 Å². The fourth-order valence-electron chi connectivity index (χ4n) is 3.41. The minimum atomic E-state index is 0.235. The van der Waals surface area contributed by atoms with Crippen molar-refractivity contribution in [2.75, 3.05) is 27.2 Å². The second-order valence-electron chi connectivity index (χ2n) is 7.48. The number of carbonyl (C=O) groups excluding carboxylic acids is 1. The summed E-state index contributed by atoms with van der Waals surface area (Å²) in [6, 6.07) is 0.271. The first-order chi connectivity index (χ1) is 9.90. The highest BCUT2D eigenvalue weighted by Gasteiger charge is 2.23. The predicted octanol–water partition coefficient (Wildman–Crippen LogP) is 2.23. The number of hydrogen-bond acceptors (Lipinski definition) is 3. The summed E-state index contributed by atoms with van der Waals surface area (Å²) in [7, 11) is 4.13. The molecule has 4 nitrogen and oxygen atoms in total. The van der Waals surface area contributed by atoms with Gasteiger partial charge in [-0.25, -0.2) is 0 Å². The minimum absolute atomic E-state index is 0.235. The van der Waals surface area contributed by atoms with E-state index in [0.717, 1.165) is 32.4 Å². The van der Waals surface area contributed by atoms with Crippen LogP contribution in [0.2, 0.25) is 0 Å². The summed E-state index contributed by atoms with van der Waals surface area (Å²) in [6.45, 7) is 6.15. The third kappa shape index (κ3) is 7.82. The van der Waals surface area contributed by atoms with Gasteiger partial charge in [0.2, 0.25) is 5.91 Å². The van der Waals surface area contributed by atoms with Crippen LogP contribution in [0.5, 0.6) is 0 Å². The molecular weight excluding hydrogens is 262 g/mol. The monoisotopic (exact) mass is 297 g/mol. The van der Waals surface area contributed by atoms with Crippen LogP contribution in [0, 0.1) is 17.8 Å². The van der Waals surface area contributed by atoms with Crippen molar-refractivity contribution in [3.05, 3.63) is 0 Å². The number of nitrogens with two attached hydrogens (primary N) is 1. The lowest BCUT2D eigenvalue weighted by atomic mass is 9.80. The molecule has 1 aliphatic carbocycles. The minimum Gasteiger partial charge on any atom is -0.352 e. The van der Waals surface area contributed by atoms with E-state index in [-0.39, 0.29) is 11.9 Å². The van der Waals surface area contributed by atoms with E-state index in [1.54, 1.807) is 0 Å². The van der Waals surface area contributed by atoms with Crippen LogP contribution in [0.1, 0.15) is 52.4 Å². The highest BCUT2D eigenvalue weighted by Crippen LogP contribution is 2.30. The van der Waals surface area contributed by atoms with Crippen molar-refractivity contribution < 1.29 is 4.79 Å². The summed E-state index contributed by atoms with van der Waals surface area (Å²) in [5, 5.41) is 3.25. The van der Waals surface area contributed by atoms with Gasteiger partial charge in [-0.05, 0) is 70.5 Å². The second kappa shape index (κ2) is 9.42. The predicted molar refractivity (Wildman–Crippen MR) is 89.1 cm³/mol. The summed E-state index contributed by atoms with van der Waals surface area (Å²) >= 11 is 0. The standard InChI is InChI=1S/C17H35N3O/c1-13(2)9-16(12-20(3)4)19-17(21)10-14-5-7-15(11-18)8-6-14/h13-16H,5-12,18H2,1-4H3,(H,19,21). The van der Waals surface area contributed by atoms with Crippen molar-refractivity contribution in [3.63, 3.8) is 0 Å². The molecule has 1 aliphatic rings. The van der Waals surface area contributed by atoms with Gasteiger partial charge in [0.25, 0.3) is 0 Å². The second-order valence-corrected chi connectivity index (χ2v) is 7.48. The first-order valence-electron chi connectivity index (χ1n) is 8.54. The number of likely N-dealkylation sites (N-methyl/N-ethyl adjacent to an activating group) is 1. The third-order valence-corrected chi connectivity index (χ3v) is 4.48. The number of rotatable bonds is 8. The molecular formula is C17H35N3O. The molecule has 124 valence electrons. The van der Waals surface area contributed by atoms with Crippen molar-refractivity contribution in [2.45, 2.75) is 58.4 Å². The van der Waals surface area contributed by atoms with Gasteiger partial charge in [0.15, 0.2) is 0 Å². The summed E-state index contributed by atoms with van der Waals surface area (Å²) in [4.78, 5) is 14.4. The highest BCUT2D eigenvalue weighted by atomic mass is 16.1. The normalized spacial score (nSPS) is 24.3. The fourth-order valence-corrected chi connectivity index (χ4v) is 3.41. The van der Waals surface area contributed by atoms with Gasteiger partial charge in [-0.1, -0.05) is 13.8 Å². The molecule has 0 aromatic rings. The van der Waals surface area contributed by atoms with Gasteiger partial charge in [-0.2, -0.15) is 0 Å². The van der Waals surface area contributed by atoms with E-state index in [4.69, 9.17) is 5.73 Å². The average molecular weight is 297 g/mol. The Morgan fingerprint density at radius 1 is 1.19 bits per heavy atom. The molecule has 0 aliphatic heterocycles. The van der Waals surface area contributed by atoms with Gasteiger partial charge in [-0.3, -0.25) is 4.79 Å². The zero-order chi connectivity index (χ0) is 15.8. The van der Waals surface area contributed by atoms with Crippen LogP contribution in [-0.2, 0) is 4.79 Å². The molecule has 1 saturated carbocycles. The lowest BCUT2D eigenvalue weighted by Gasteiger charge is -2.28. The summed E-state index contributed by atoms with van der Waals surface area (Å²) in [5.74, 6) is 2.09. The number of nitrogens with zero attached hydrogens (tertiary/aromatic N) is 1. The van der Waals surface area contributed by atoms with Crippen molar-refractivity contribution in [1.29, 1.82) is 0 Å². The number of amides is 1. The van der Waals surface area contributed by atoms with Crippen LogP contribution in [-0.4, -0.2) is 44.0 Å². The zero-order valence-corrected chi connectivity index (χ0v) is 14.4. The molecule has 0 aromatic carbocycles.